The number of ether oxygens (including phenoxy) is 1. The topological polar surface area (TPSA) is 47.3 Å². The van der Waals surface area contributed by atoms with E-state index in [0.717, 1.165) is 41.9 Å². The summed E-state index contributed by atoms with van der Waals surface area (Å²) < 4.78 is 5.67. The molecule has 1 fully saturated rings. The van der Waals surface area contributed by atoms with Gasteiger partial charge in [-0.2, -0.15) is 0 Å². The van der Waals surface area contributed by atoms with E-state index in [4.69, 9.17) is 10.5 Å². The first-order chi connectivity index (χ1) is 9.69. The summed E-state index contributed by atoms with van der Waals surface area (Å²) in [6, 6.07) is 5.99. The molecule has 3 N–H and O–H groups in total. The second-order valence-corrected chi connectivity index (χ2v) is 6.11. The maximum atomic E-state index is 5.93. The summed E-state index contributed by atoms with van der Waals surface area (Å²) in [5, 5.41) is 3.54. The Bertz CT molecular complexity index is 411. The molecule has 0 aliphatic heterocycles. The van der Waals surface area contributed by atoms with Gasteiger partial charge in [0.25, 0.3) is 0 Å². The van der Waals surface area contributed by atoms with Crippen LogP contribution in [-0.2, 0) is 0 Å². The van der Waals surface area contributed by atoms with Gasteiger partial charge in [-0.1, -0.05) is 26.7 Å². The van der Waals surface area contributed by atoms with Crippen LogP contribution in [0.5, 0.6) is 5.75 Å². The number of hydrogen-bond acceptors (Lipinski definition) is 3. The standard InChI is InChI=1S/C17H28N2O/c1-3-10-20-17-11-15(8-9-16(17)18)19-12-14-6-4-13(2)5-7-14/h8-9,11,13-14,19H,3-7,10,12,18H2,1-2H3. The van der Waals surface area contributed by atoms with Crippen molar-refractivity contribution in [3.63, 3.8) is 0 Å². The minimum absolute atomic E-state index is 0.716. The molecule has 1 saturated carbocycles. The quantitative estimate of drug-likeness (QED) is 0.762. The van der Waals surface area contributed by atoms with Gasteiger partial charge in [0, 0.05) is 18.3 Å². The highest BCUT2D eigenvalue weighted by atomic mass is 16.5. The van der Waals surface area contributed by atoms with E-state index in [2.05, 4.69) is 19.2 Å². The summed E-state index contributed by atoms with van der Waals surface area (Å²) in [4.78, 5) is 0. The van der Waals surface area contributed by atoms with Gasteiger partial charge in [0.2, 0.25) is 0 Å². The van der Waals surface area contributed by atoms with Crippen LogP contribution >= 0.6 is 0 Å². The highest BCUT2D eigenvalue weighted by Gasteiger charge is 2.17. The van der Waals surface area contributed by atoms with Gasteiger partial charge < -0.3 is 15.8 Å². The minimum Gasteiger partial charge on any atom is -0.491 e. The molecule has 112 valence electrons. The molecule has 1 aromatic carbocycles. The molecule has 0 bridgehead atoms. The summed E-state index contributed by atoms with van der Waals surface area (Å²) in [5.74, 6) is 2.52. The number of nitrogens with one attached hydrogen (secondary N) is 1. The Hall–Kier alpha value is -1.38. The first-order valence-electron chi connectivity index (χ1n) is 7.95. The van der Waals surface area contributed by atoms with E-state index < -0.39 is 0 Å². The van der Waals surface area contributed by atoms with Crippen molar-refractivity contribution >= 4 is 11.4 Å². The highest BCUT2D eigenvalue weighted by molar-refractivity contribution is 5.61. The average Bonchev–Trinajstić information content (AvgIpc) is 2.46. The Labute approximate surface area is 122 Å². The molecule has 0 radical (unpaired) electrons. The number of hydrogen-bond donors (Lipinski definition) is 2. The molecule has 2 rings (SSSR count). The molecule has 3 heteroatoms. The van der Waals surface area contributed by atoms with Crippen molar-refractivity contribution < 1.29 is 4.74 Å². The lowest BCUT2D eigenvalue weighted by Crippen LogP contribution is -2.20. The first kappa shape index (κ1) is 15.0. The van der Waals surface area contributed by atoms with Gasteiger partial charge in [-0.05, 0) is 43.2 Å². The van der Waals surface area contributed by atoms with E-state index in [0.29, 0.717) is 6.61 Å². The molecular formula is C17H28N2O. The SMILES string of the molecule is CCCOc1cc(NCC2CCC(C)CC2)ccc1N. The lowest BCUT2D eigenvalue weighted by molar-refractivity contribution is 0.300. The van der Waals surface area contributed by atoms with Gasteiger partial charge in [0.1, 0.15) is 5.75 Å². The predicted octanol–water partition coefficient (Wildman–Crippen LogP) is 4.30. The molecular weight excluding hydrogens is 248 g/mol. The lowest BCUT2D eigenvalue weighted by Gasteiger charge is -2.26. The number of benzene rings is 1. The zero-order valence-electron chi connectivity index (χ0n) is 12.8. The zero-order chi connectivity index (χ0) is 14.4. The normalized spacial score (nSPS) is 22.5. The van der Waals surface area contributed by atoms with Gasteiger partial charge in [0.15, 0.2) is 0 Å². The molecule has 0 spiro atoms. The van der Waals surface area contributed by atoms with E-state index in [1.807, 2.05) is 18.2 Å². The Morgan fingerprint density at radius 3 is 2.70 bits per heavy atom. The van der Waals surface area contributed by atoms with Gasteiger partial charge in [-0.3, -0.25) is 0 Å². The zero-order valence-corrected chi connectivity index (χ0v) is 12.8. The summed E-state index contributed by atoms with van der Waals surface area (Å²) in [6.07, 6.45) is 6.44. The highest BCUT2D eigenvalue weighted by Crippen LogP contribution is 2.30. The summed E-state index contributed by atoms with van der Waals surface area (Å²) in [7, 11) is 0. The number of nitrogens with two attached hydrogens (primary N) is 1. The third-order valence-electron chi connectivity index (χ3n) is 4.21. The van der Waals surface area contributed by atoms with Crippen LogP contribution in [0.1, 0.15) is 46.0 Å². The Kier molecular flexibility index (Phi) is 5.57. The molecule has 1 aliphatic rings. The Morgan fingerprint density at radius 1 is 1.25 bits per heavy atom. The van der Waals surface area contributed by atoms with Crippen molar-refractivity contribution in [3.05, 3.63) is 18.2 Å². The van der Waals surface area contributed by atoms with Crippen molar-refractivity contribution in [3.8, 4) is 5.75 Å². The molecule has 0 heterocycles. The van der Waals surface area contributed by atoms with Crippen LogP contribution in [0, 0.1) is 11.8 Å². The fourth-order valence-electron chi connectivity index (χ4n) is 2.78. The van der Waals surface area contributed by atoms with Crippen LogP contribution in [-0.4, -0.2) is 13.2 Å². The molecule has 0 unspecified atom stereocenters. The molecule has 0 aromatic heterocycles. The molecule has 1 aliphatic carbocycles. The van der Waals surface area contributed by atoms with E-state index in [-0.39, 0.29) is 0 Å². The second kappa shape index (κ2) is 7.41. The fraction of sp³-hybridized carbons (Fsp3) is 0.647. The van der Waals surface area contributed by atoms with E-state index >= 15 is 0 Å². The molecule has 3 nitrogen and oxygen atoms in total. The van der Waals surface area contributed by atoms with Crippen LogP contribution in [0.2, 0.25) is 0 Å². The van der Waals surface area contributed by atoms with Crippen molar-refractivity contribution in [2.24, 2.45) is 11.8 Å². The van der Waals surface area contributed by atoms with Crippen molar-refractivity contribution in [1.82, 2.24) is 0 Å². The molecule has 0 atom stereocenters. The van der Waals surface area contributed by atoms with Crippen molar-refractivity contribution in [2.75, 3.05) is 24.2 Å². The van der Waals surface area contributed by atoms with Crippen LogP contribution in [0.3, 0.4) is 0 Å². The number of nitrogen functional groups attached to an aromatic ring is 1. The molecule has 0 amide bonds. The maximum Gasteiger partial charge on any atom is 0.144 e. The molecule has 1 aromatic rings. The van der Waals surface area contributed by atoms with Crippen LogP contribution < -0.4 is 15.8 Å². The smallest absolute Gasteiger partial charge is 0.144 e. The van der Waals surface area contributed by atoms with Crippen molar-refractivity contribution in [2.45, 2.75) is 46.0 Å². The summed E-state index contributed by atoms with van der Waals surface area (Å²) in [6.45, 7) is 6.24. The average molecular weight is 276 g/mol. The Balaban J connectivity index is 1.86. The summed E-state index contributed by atoms with van der Waals surface area (Å²) in [5.41, 5.74) is 7.76. The van der Waals surface area contributed by atoms with Crippen LogP contribution in [0.15, 0.2) is 18.2 Å². The predicted molar refractivity (Wildman–Crippen MR) is 86.3 cm³/mol. The van der Waals surface area contributed by atoms with E-state index in [1.165, 1.54) is 25.7 Å². The minimum atomic E-state index is 0.716. The number of rotatable bonds is 6. The monoisotopic (exact) mass is 276 g/mol. The third-order valence-corrected chi connectivity index (χ3v) is 4.21. The molecule has 20 heavy (non-hydrogen) atoms. The molecule has 0 saturated heterocycles. The van der Waals surface area contributed by atoms with Gasteiger partial charge >= 0.3 is 0 Å². The maximum absolute atomic E-state index is 5.93. The number of anilines is 2. The van der Waals surface area contributed by atoms with E-state index in [1.54, 1.807) is 0 Å². The Morgan fingerprint density at radius 2 is 2.00 bits per heavy atom. The van der Waals surface area contributed by atoms with Gasteiger partial charge in [-0.15, -0.1) is 0 Å². The van der Waals surface area contributed by atoms with Crippen LogP contribution in [0.25, 0.3) is 0 Å². The van der Waals surface area contributed by atoms with Crippen LogP contribution in [0.4, 0.5) is 11.4 Å². The third kappa shape index (κ3) is 4.32. The van der Waals surface area contributed by atoms with Crippen molar-refractivity contribution in [1.29, 1.82) is 0 Å². The first-order valence-corrected chi connectivity index (χ1v) is 7.95. The lowest BCUT2D eigenvalue weighted by atomic mass is 9.83. The van der Waals surface area contributed by atoms with Gasteiger partial charge in [0.05, 0.1) is 12.3 Å². The second-order valence-electron chi connectivity index (χ2n) is 6.11. The van der Waals surface area contributed by atoms with Gasteiger partial charge in [-0.25, -0.2) is 0 Å². The summed E-state index contributed by atoms with van der Waals surface area (Å²) >= 11 is 0. The van der Waals surface area contributed by atoms with E-state index in [9.17, 15) is 0 Å². The largest absolute Gasteiger partial charge is 0.491 e. The fourth-order valence-corrected chi connectivity index (χ4v) is 2.78.